The van der Waals surface area contributed by atoms with Crippen LogP contribution >= 0.6 is 15.9 Å². The fraction of sp³-hybridized carbons (Fsp3) is 0.158. The van der Waals surface area contributed by atoms with E-state index >= 15 is 0 Å². The second-order valence-corrected chi connectivity index (χ2v) is 6.24. The Bertz CT molecular complexity index is 806. The van der Waals surface area contributed by atoms with Gasteiger partial charge in [-0.25, -0.2) is 4.39 Å². The first kappa shape index (κ1) is 18.9. The second kappa shape index (κ2) is 9.13. The topological polar surface area (TPSA) is 58.2 Å². The maximum atomic E-state index is 13.6. The van der Waals surface area contributed by atoms with Crippen molar-refractivity contribution in [3.63, 3.8) is 0 Å². The summed E-state index contributed by atoms with van der Waals surface area (Å²) in [4.78, 5) is 23.9. The highest BCUT2D eigenvalue weighted by Gasteiger charge is 2.06. The molecule has 0 atom stereocenters. The SMILES string of the molecule is CCCNC(=O)c1cccc(NC(=O)/C=C/c2cc(Br)ccc2F)c1. The largest absolute Gasteiger partial charge is 0.352 e. The smallest absolute Gasteiger partial charge is 0.251 e. The molecule has 0 fully saturated rings. The molecule has 6 heteroatoms. The maximum Gasteiger partial charge on any atom is 0.251 e. The lowest BCUT2D eigenvalue weighted by atomic mass is 10.1. The molecule has 0 saturated heterocycles. The number of halogens is 2. The van der Waals surface area contributed by atoms with E-state index in [1.807, 2.05) is 6.92 Å². The highest BCUT2D eigenvalue weighted by molar-refractivity contribution is 9.10. The number of benzene rings is 2. The van der Waals surface area contributed by atoms with Gasteiger partial charge in [0.2, 0.25) is 5.91 Å². The van der Waals surface area contributed by atoms with Gasteiger partial charge < -0.3 is 10.6 Å². The third-order valence-corrected chi connectivity index (χ3v) is 3.79. The van der Waals surface area contributed by atoms with Gasteiger partial charge in [0.25, 0.3) is 5.91 Å². The number of hydrogen-bond donors (Lipinski definition) is 2. The molecule has 0 heterocycles. The van der Waals surface area contributed by atoms with E-state index in [0.717, 1.165) is 10.9 Å². The molecule has 0 radical (unpaired) electrons. The van der Waals surface area contributed by atoms with Gasteiger partial charge in [0.15, 0.2) is 0 Å². The van der Waals surface area contributed by atoms with Crippen molar-refractivity contribution in [2.24, 2.45) is 0 Å². The molecule has 0 saturated carbocycles. The van der Waals surface area contributed by atoms with Gasteiger partial charge in [-0.15, -0.1) is 0 Å². The van der Waals surface area contributed by atoms with Crippen molar-refractivity contribution >= 4 is 39.5 Å². The Kier molecular flexibility index (Phi) is 6.89. The lowest BCUT2D eigenvalue weighted by Gasteiger charge is -2.06. The van der Waals surface area contributed by atoms with Crippen molar-refractivity contribution < 1.29 is 14.0 Å². The lowest BCUT2D eigenvalue weighted by molar-refractivity contribution is -0.111. The number of anilines is 1. The molecule has 0 aliphatic carbocycles. The number of rotatable bonds is 6. The van der Waals surface area contributed by atoms with Crippen LogP contribution in [0, 0.1) is 5.82 Å². The summed E-state index contributed by atoms with van der Waals surface area (Å²) in [6.45, 7) is 2.56. The monoisotopic (exact) mass is 404 g/mol. The zero-order chi connectivity index (χ0) is 18.2. The molecule has 0 aromatic heterocycles. The number of carbonyl (C=O) groups excluding carboxylic acids is 2. The van der Waals surface area contributed by atoms with E-state index in [1.54, 1.807) is 36.4 Å². The van der Waals surface area contributed by atoms with Crippen LogP contribution in [-0.2, 0) is 4.79 Å². The predicted octanol–water partition coefficient (Wildman–Crippen LogP) is 4.38. The van der Waals surface area contributed by atoms with E-state index < -0.39 is 11.7 Å². The van der Waals surface area contributed by atoms with Crippen LogP contribution in [0.5, 0.6) is 0 Å². The van der Waals surface area contributed by atoms with Gasteiger partial charge in [-0.1, -0.05) is 28.9 Å². The Morgan fingerprint density at radius 2 is 2.00 bits per heavy atom. The van der Waals surface area contributed by atoms with Gasteiger partial charge in [0.1, 0.15) is 5.82 Å². The van der Waals surface area contributed by atoms with Crippen LogP contribution in [0.1, 0.15) is 29.3 Å². The van der Waals surface area contributed by atoms with Gasteiger partial charge in [0.05, 0.1) is 0 Å². The zero-order valence-corrected chi connectivity index (χ0v) is 15.3. The summed E-state index contributed by atoms with van der Waals surface area (Å²) in [6, 6.07) is 11.1. The van der Waals surface area contributed by atoms with E-state index in [1.165, 1.54) is 18.2 Å². The van der Waals surface area contributed by atoms with Crippen LogP contribution in [0.3, 0.4) is 0 Å². The predicted molar refractivity (Wildman–Crippen MR) is 101 cm³/mol. The first-order valence-corrected chi connectivity index (χ1v) is 8.61. The van der Waals surface area contributed by atoms with Gasteiger partial charge >= 0.3 is 0 Å². The lowest BCUT2D eigenvalue weighted by Crippen LogP contribution is -2.24. The molecule has 2 aromatic carbocycles. The van der Waals surface area contributed by atoms with Crippen molar-refractivity contribution in [1.82, 2.24) is 5.32 Å². The molecule has 2 rings (SSSR count). The van der Waals surface area contributed by atoms with Crippen molar-refractivity contribution in [3.8, 4) is 0 Å². The van der Waals surface area contributed by atoms with Crippen LogP contribution < -0.4 is 10.6 Å². The van der Waals surface area contributed by atoms with Crippen LogP contribution in [0.2, 0.25) is 0 Å². The highest BCUT2D eigenvalue weighted by Crippen LogP contribution is 2.17. The van der Waals surface area contributed by atoms with E-state index in [9.17, 15) is 14.0 Å². The minimum absolute atomic E-state index is 0.190. The summed E-state index contributed by atoms with van der Waals surface area (Å²) in [6.07, 6.45) is 3.49. The van der Waals surface area contributed by atoms with Crippen LogP contribution in [0.15, 0.2) is 53.0 Å². The summed E-state index contributed by atoms with van der Waals surface area (Å²) in [5.41, 5.74) is 1.26. The van der Waals surface area contributed by atoms with Crippen molar-refractivity contribution in [2.45, 2.75) is 13.3 Å². The molecule has 25 heavy (non-hydrogen) atoms. The average molecular weight is 405 g/mol. The van der Waals surface area contributed by atoms with Crippen LogP contribution in [0.25, 0.3) is 6.08 Å². The average Bonchev–Trinajstić information content (AvgIpc) is 2.60. The van der Waals surface area contributed by atoms with Gasteiger partial charge in [0, 0.05) is 33.9 Å². The molecule has 0 aliphatic rings. The Balaban J connectivity index is 2.04. The van der Waals surface area contributed by atoms with Gasteiger partial charge in [-0.2, -0.15) is 0 Å². The fourth-order valence-corrected chi connectivity index (χ4v) is 2.45. The molecular weight excluding hydrogens is 387 g/mol. The molecule has 0 unspecified atom stereocenters. The van der Waals surface area contributed by atoms with Crippen LogP contribution in [0.4, 0.5) is 10.1 Å². The van der Waals surface area contributed by atoms with E-state index in [0.29, 0.717) is 23.4 Å². The first-order valence-electron chi connectivity index (χ1n) is 7.82. The molecule has 2 aromatic rings. The highest BCUT2D eigenvalue weighted by atomic mass is 79.9. The number of hydrogen-bond acceptors (Lipinski definition) is 2. The Labute approximate surface area is 154 Å². The molecule has 130 valence electrons. The molecule has 2 amide bonds. The van der Waals surface area contributed by atoms with Crippen molar-refractivity contribution in [1.29, 1.82) is 0 Å². The molecule has 0 bridgehead atoms. The third-order valence-electron chi connectivity index (χ3n) is 3.30. The summed E-state index contributed by atoms with van der Waals surface area (Å²) in [5, 5.41) is 5.43. The number of nitrogens with one attached hydrogen (secondary N) is 2. The normalized spacial score (nSPS) is 10.7. The summed E-state index contributed by atoms with van der Waals surface area (Å²) < 4.78 is 14.4. The summed E-state index contributed by atoms with van der Waals surface area (Å²) in [5.74, 6) is -1.02. The number of amides is 2. The van der Waals surface area contributed by atoms with E-state index in [-0.39, 0.29) is 5.91 Å². The number of carbonyl (C=O) groups is 2. The van der Waals surface area contributed by atoms with Crippen molar-refractivity contribution in [3.05, 3.63) is 70.0 Å². The molecule has 4 nitrogen and oxygen atoms in total. The standard InChI is InChI=1S/C19H18BrFN2O2/c1-2-10-22-19(25)14-4-3-5-16(12-14)23-18(24)9-6-13-11-15(20)7-8-17(13)21/h3-9,11-12H,2,10H2,1H3,(H,22,25)(H,23,24)/b9-6+. The van der Waals surface area contributed by atoms with Crippen molar-refractivity contribution in [2.75, 3.05) is 11.9 Å². The summed E-state index contributed by atoms with van der Waals surface area (Å²) >= 11 is 3.26. The molecule has 0 spiro atoms. The minimum atomic E-state index is -0.415. The Morgan fingerprint density at radius 3 is 2.76 bits per heavy atom. The van der Waals surface area contributed by atoms with E-state index in [4.69, 9.17) is 0 Å². The minimum Gasteiger partial charge on any atom is -0.352 e. The van der Waals surface area contributed by atoms with Crippen LogP contribution in [-0.4, -0.2) is 18.4 Å². The third kappa shape index (κ3) is 5.83. The molecular formula is C19H18BrFN2O2. The quantitative estimate of drug-likeness (QED) is 0.701. The molecule has 0 aliphatic heterocycles. The zero-order valence-electron chi connectivity index (χ0n) is 13.7. The Hall–Kier alpha value is -2.47. The van der Waals surface area contributed by atoms with E-state index in [2.05, 4.69) is 26.6 Å². The maximum absolute atomic E-state index is 13.6. The first-order chi connectivity index (χ1) is 12.0. The van der Waals surface area contributed by atoms with Gasteiger partial charge in [-0.05, 0) is 48.9 Å². The van der Waals surface area contributed by atoms with Gasteiger partial charge in [-0.3, -0.25) is 9.59 Å². The Morgan fingerprint density at radius 1 is 1.20 bits per heavy atom. The second-order valence-electron chi connectivity index (χ2n) is 5.33. The molecule has 2 N–H and O–H groups in total. The summed E-state index contributed by atoms with van der Waals surface area (Å²) in [7, 11) is 0. The fourth-order valence-electron chi connectivity index (χ4n) is 2.07.